The molecule has 0 saturated carbocycles. The van der Waals surface area contributed by atoms with Gasteiger partial charge in [-0.1, -0.05) is 0 Å². The highest BCUT2D eigenvalue weighted by Crippen LogP contribution is 2.14. The van der Waals surface area contributed by atoms with Crippen molar-refractivity contribution in [1.29, 1.82) is 0 Å². The van der Waals surface area contributed by atoms with Crippen LogP contribution in [0, 0.1) is 12.3 Å². The summed E-state index contributed by atoms with van der Waals surface area (Å²) >= 11 is 0. The minimum atomic E-state index is -0.0935. The minimum Gasteiger partial charge on any atom is -0.497 e. The summed E-state index contributed by atoms with van der Waals surface area (Å²) in [7, 11) is 1.60. The molecule has 0 aliphatic heterocycles. The van der Waals surface area contributed by atoms with Crippen molar-refractivity contribution in [1.82, 2.24) is 5.32 Å². The zero-order valence-corrected chi connectivity index (χ0v) is 10.7. The monoisotopic (exact) mass is 246 g/mol. The highest BCUT2D eigenvalue weighted by Gasteiger charge is 2.05. The van der Waals surface area contributed by atoms with Gasteiger partial charge in [0, 0.05) is 18.2 Å². The zero-order valence-electron chi connectivity index (χ0n) is 10.7. The number of rotatable bonds is 6. The molecule has 0 fully saturated rings. The van der Waals surface area contributed by atoms with Gasteiger partial charge in [-0.05, 0) is 31.2 Å². The summed E-state index contributed by atoms with van der Waals surface area (Å²) in [6.07, 6.45) is 5.79. The summed E-state index contributed by atoms with van der Waals surface area (Å²) in [5.74, 6) is 3.21. The predicted octanol–water partition coefficient (Wildman–Crippen LogP) is 1.64. The van der Waals surface area contributed by atoms with Crippen molar-refractivity contribution in [2.24, 2.45) is 0 Å². The second kappa shape index (κ2) is 7.36. The SMILES string of the molecule is C#CCC(C)NCC(=O)Nc1ccc(OC)cc1. The number of nitrogens with one attached hydrogen (secondary N) is 2. The minimum absolute atomic E-state index is 0.0935. The number of carbonyl (C=O) groups excluding carboxylic acids is 1. The summed E-state index contributed by atoms with van der Waals surface area (Å²) in [6.45, 7) is 2.19. The normalized spacial score (nSPS) is 11.4. The van der Waals surface area contributed by atoms with Crippen molar-refractivity contribution in [3.63, 3.8) is 0 Å². The van der Waals surface area contributed by atoms with Gasteiger partial charge in [-0.3, -0.25) is 4.79 Å². The molecular formula is C14H18N2O2. The Morgan fingerprint density at radius 1 is 1.44 bits per heavy atom. The largest absolute Gasteiger partial charge is 0.497 e. The standard InChI is InChI=1S/C14H18N2O2/c1-4-5-11(2)15-10-14(17)16-12-6-8-13(18-3)9-7-12/h1,6-9,11,15H,5,10H2,2-3H3,(H,16,17). The molecule has 96 valence electrons. The van der Waals surface area contributed by atoms with Gasteiger partial charge < -0.3 is 15.4 Å². The molecule has 0 radical (unpaired) electrons. The van der Waals surface area contributed by atoms with Gasteiger partial charge in [0.25, 0.3) is 0 Å². The fourth-order valence-electron chi connectivity index (χ4n) is 1.40. The van der Waals surface area contributed by atoms with Crippen LogP contribution in [0.2, 0.25) is 0 Å². The van der Waals surface area contributed by atoms with Crippen LogP contribution in [0.3, 0.4) is 0 Å². The predicted molar refractivity (Wildman–Crippen MR) is 72.5 cm³/mol. The van der Waals surface area contributed by atoms with Gasteiger partial charge in [0.05, 0.1) is 13.7 Å². The van der Waals surface area contributed by atoms with Crippen LogP contribution in [-0.2, 0) is 4.79 Å². The van der Waals surface area contributed by atoms with Gasteiger partial charge >= 0.3 is 0 Å². The molecule has 0 aliphatic rings. The third kappa shape index (κ3) is 4.89. The highest BCUT2D eigenvalue weighted by molar-refractivity contribution is 5.92. The van der Waals surface area contributed by atoms with Gasteiger partial charge in [-0.15, -0.1) is 12.3 Å². The number of ether oxygens (including phenoxy) is 1. The molecule has 0 heterocycles. The van der Waals surface area contributed by atoms with E-state index in [4.69, 9.17) is 11.2 Å². The van der Waals surface area contributed by atoms with E-state index >= 15 is 0 Å². The van der Waals surface area contributed by atoms with E-state index < -0.39 is 0 Å². The Morgan fingerprint density at radius 2 is 2.11 bits per heavy atom. The van der Waals surface area contributed by atoms with E-state index in [0.717, 1.165) is 11.4 Å². The lowest BCUT2D eigenvalue weighted by Crippen LogP contribution is -2.34. The summed E-state index contributed by atoms with van der Waals surface area (Å²) in [6, 6.07) is 7.31. The van der Waals surface area contributed by atoms with Crippen molar-refractivity contribution in [3.8, 4) is 18.1 Å². The third-order valence-corrected chi connectivity index (χ3v) is 2.41. The molecule has 2 N–H and O–H groups in total. The van der Waals surface area contributed by atoms with Crippen LogP contribution in [0.1, 0.15) is 13.3 Å². The average Bonchev–Trinajstić information content (AvgIpc) is 2.38. The van der Waals surface area contributed by atoms with Gasteiger partial charge in [0.1, 0.15) is 5.75 Å². The Morgan fingerprint density at radius 3 is 2.67 bits per heavy atom. The molecule has 0 aromatic heterocycles. The molecule has 1 rings (SSSR count). The Labute approximate surface area is 108 Å². The molecular weight excluding hydrogens is 228 g/mol. The smallest absolute Gasteiger partial charge is 0.238 e. The van der Waals surface area contributed by atoms with E-state index in [9.17, 15) is 4.79 Å². The lowest BCUT2D eigenvalue weighted by atomic mass is 10.2. The molecule has 18 heavy (non-hydrogen) atoms. The molecule has 1 amide bonds. The topological polar surface area (TPSA) is 50.4 Å². The number of amides is 1. The Hall–Kier alpha value is -1.99. The fourth-order valence-corrected chi connectivity index (χ4v) is 1.40. The Balaban J connectivity index is 2.37. The maximum Gasteiger partial charge on any atom is 0.238 e. The van der Waals surface area contributed by atoms with Crippen molar-refractivity contribution in [2.75, 3.05) is 19.0 Å². The number of carbonyl (C=O) groups is 1. The number of methoxy groups -OCH3 is 1. The van der Waals surface area contributed by atoms with Gasteiger partial charge in [0.2, 0.25) is 5.91 Å². The first-order chi connectivity index (χ1) is 8.65. The number of hydrogen-bond acceptors (Lipinski definition) is 3. The number of hydrogen-bond donors (Lipinski definition) is 2. The molecule has 0 bridgehead atoms. The Kier molecular flexibility index (Phi) is 5.75. The molecule has 0 spiro atoms. The second-order valence-corrected chi connectivity index (χ2v) is 3.97. The number of terminal acetylenes is 1. The molecule has 1 atom stereocenters. The molecule has 4 nitrogen and oxygen atoms in total. The lowest BCUT2D eigenvalue weighted by Gasteiger charge is -2.11. The summed E-state index contributed by atoms with van der Waals surface area (Å²) < 4.78 is 5.04. The first kappa shape index (κ1) is 14.1. The summed E-state index contributed by atoms with van der Waals surface area (Å²) in [5.41, 5.74) is 0.743. The van der Waals surface area contributed by atoms with Crippen LogP contribution in [-0.4, -0.2) is 25.6 Å². The number of anilines is 1. The molecule has 0 saturated heterocycles. The van der Waals surface area contributed by atoms with Crippen LogP contribution in [0.25, 0.3) is 0 Å². The van der Waals surface area contributed by atoms with E-state index in [1.165, 1.54) is 0 Å². The highest BCUT2D eigenvalue weighted by atomic mass is 16.5. The zero-order chi connectivity index (χ0) is 13.4. The van der Waals surface area contributed by atoms with E-state index in [2.05, 4.69) is 16.6 Å². The lowest BCUT2D eigenvalue weighted by molar-refractivity contribution is -0.115. The van der Waals surface area contributed by atoms with Crippen molar-refractivity contribution in [2.45, 2.75) is 19.4 Å². The maximum absolute atomic E-state index is 11.6. The number of benzene rings is 1. The van der Waals surface area contributed by atoms with Crippen LogP contribution in [0.5, 0.6) is 5.75 Å². The Bertz CT molecular complexity index is 420. The first-order valence-corrected chi connectivity index (χ1v) is 5.76. The average molecular weight is 246 g/mol. The van der Waals surface area contributed by atoms with E-state index in [-0.39, 0.29) is 18.5 Å². The third-order valence-electron chi connectivity index (χ3n) is 2.41. The van der Waals surface area contributed by atoms with Gasteiger partial charge in [-0.25, -0.2) is 0 Å². The van der Waals surface area contributed by atoms with Crippen LogP contribution in [0.4, 0.5) is 5.69 Å². The van der Waals surface area contributed by atoms with E-state index in [0.29, 0.717) is 6.42 Å². The van der Waals surface area contributed by atoms with Crippen LogP contribution >= 0.6 is 0 Å². The summed E-state index contributed by atoms with van der Waals surface area (Å²) in [4.78, 5) is 11.6. The van der Waals surface area contributed by atoms with Crippen LogP contribution < -0.4 is 15.4 Å². The second-order valence-electron chi connectivity index (χ2n) is 3.97. The quantitative estimate of drug-likeness (QED) is 0.750. The molecule has 1 aromatic carbocycles. The molecule has 1 aromatic rings. The van der Waals surface area contributed by atoms with Gasteiger partial charge in [0.15, 0.2) is 0 Å². The van der Waals surface area contributed by atoms with E-state index in [1.807, 2.05) is 6.92 Å². The molecule has 1 unspecified atom stereocenters. The van der Waals surface area contributed by atoms with Crippen molar-refractivity contribution in [3.05, 3.63) is 24.3 Å². The van der Waals surface area contributed by atoms with Crippen molar-refractivity contribution < 1.29 is 9.53 Å². The van der Waals surface area contributed by atoms with Crippen LogP contribution in [0.15, 0.2) is 24.3 Å². The molecule has 0 aliphatic carbocycles. The molecule has 4 heteroatoms. The van der Waals surface area contributed by atoms with Crippen molar-refractivity contribution >= 4 is 11.6 Å². The maximum atomic E-state index is 11.6. The first-order valence-electron chi connectivity index (χ1n) is 5.76. The fraction of sp³-hybridized carbons (Fsp3) is 0.357. The van der Waals surface area contributed by atoms with Gasteiger partial charge in [-0.2, -0.15) is 0 Å². The van der Waals surface area contributed by atoms with E-state index in [1.54, 1.807) is 31.4 Å². The summed E-state index contributed by atoms with van der Waals surface area (Å²) in [5, 5.41) is 5.83.